The second-order valence-electron chi connectivity index (χ2n) is 3.48. The molecule has 0 unspecified atom stereocenters. The molecule has 1 rings (SSSR count). The molecule has 1 aromatic heterocycles. The van der Waals surface area contributed by atoms with Crippen LogP contribution in [0.25, 0.3) is 0 Å². The van der Waals surface area contributed by atoms with Gasteiger partial charge in [0, 0.05) is 19.3 Å². The van der Waals surface area contributed by atoms with Gasteiger partial charge in [-0.05, 0) is 18.9 Å². The summed E-state index contributed by atoms with van der Waals surface area (Å²) in [6.07, 6.45) is 5.46. The Bertz CT molecular complexity index is 245. The summed E-state index contributed by atoms with van der Waals surface area (Å²) in [5.74, 6) is 0. The van der Waals surface area contributed by atoms with Crippen molar-refractivity contribution in [2.24, 2.45) is 0 Å². The maximum absolute atomic E-state index is 5.48. The lowest BCUT2D eigenvalue weighted by Crippen LogP contribution is -2.00. The third-order valence-electron chi connectivity index (χ3n) is 2.04. The highest BCUT2D eigenvalue weighted by atomic mass is 16.5. The largest absolute Gasteiger partial charge is 0.375 e. The normalized spacial score (nSPS) is 10.7. The first-order valence-corrected chi connectivity index (χ1v) is 5.47. The van der Waals surface area contributed by atoms with Gasteiger partial charge in [-0.25, -0.2) is 0 Å². The van der Waals surface area contributed by atoms with Gasteiger partial charge in [0.25, 0.3) is 0 Å². The molecule has 0 radical (unpaired) electrons. The molecule has 0 saturated heterocycles. The van der Waals surface area contributed by atoms with Crippen molar-refractivity contribution in [2.75, 3.05) is 6.61 Å². The van der Waals surface area contributed by atoms with Gasteiger partial charge in [0.1, 0.15) is 0 Å². The summed E-state index contributed by atoms with van der Waals surface area (Å²) < 4.78 is 7.45. The van der Waals surface area contributed by atoms with Gasteiger partial charge in [0.15, 0.2) is 0 Å². The van der Waals surface area contributed by atoms with Crippen molar-refractivity contribution in [1.82, 2.24) is 9.78 Å². The van der Waals surface area contributed by atoms with Crippen molar-refractivity contribution in [2.45, 2.75) is 46.3 Å². The zero-order chi connectivity index (χ0) is 10.2. The molecule has 0 aliphatic carbocycles. The molecule has 1 heterocycles. The van der Waals surface area contributed by atoms with Crippen molar-refractivity contribution in [3.05, 3.63) is 18.0 Å². The van der Waals surface area contributed by atoms with E-state index < -0.39 is 0 Å². The van der Waals surface area contributed by atoms with Crippen molar-refractivity contribution >= 4 is 0 Å². The van der Waals surface area contributed by atoms with Crippen LogP contribution >= 0.6 is 0 Å². The van der Waals surface area contributed by atoms with Crippen molar-refractivity contribution in [3.8, 4) is 0 Å². The van der Waals surface area contributed by atoms with E-state index in [2.05, 4.69) is 18.9 Å². The molecule has 0 aliphatic rings. The summed E-state index contributed by atoms with van der Waals surface area (Å²) in [7, 11) is 0. The molecule has 0 aromatic carbocycles. The quantitative estimate of drug-likeness (QED) is 0.627. The number of aryl methyl sites for hydroxylation is 1. The maximum Gasteiger partial charge on any atom is 0.0906 e. The lowest BCUT2D eigenvalue weighted by Gasteiger charge is -2.00. The summed E-state index contributed by atoms with van der Waals surface area (Å²) in [5.41, 5.74) is 1.04. The zero-order valence-corrected chi connectivity index (χ0v) is 9.20. The van der Waals surface area contributed by atoms with Gasteiger partial charge >= 0.3 is 0 Å². The topological polar surface area (TPSA) is 27.1 Å². The Labute approximate surface area is 86.1 Å². The van der Waals surface area contributed by atoms with Gasteiger partial charge in [-0.15, -0.1) is 0 Å². The number of nitrogens with zero attached hydrogens (tertiary/aromatic N) is 2. The minimum atomic E-state index is 0.650. The number of unbranched alkanes of at least 4 members (excludes halogenated alkanes) is 1. The predicted octanol–water partition coefficient (Wildman–Crippen LogP) is 2.61. The first-order chi connectivity index (χ1) is 6.86. The van der Waals surface area contributed by atoms with Crippen LogP contribution in [0.15, 0.2) is 12.3 Å². The van der Waals surface area contributed by atoms with Crippen LogP contribution in [0, 0.1) is 0 Å². The highest BCUT2D eigenvalue weighted by Gasteiger charge is 1.97. The van der Waals surface area contributed by atoms with Crippen LogP contribution in [0.4, 0.5) is 0 Å². The van der Waals surface area contributed by atoms with E-state index in [0.29, 0.717) is 6.61 Å². The minimum absolute atomic E-state index is 0.650. The van der Waals surface area contributed by atoms with E-state index in [0.717, 1.165) is 31.7 Å². The molecular formula is C11H20N2O. The monoisotopic (exact) mass is 196 g/mol. The van der Waals surface area contributed by atoms with E-state index in [1.807, 2.05) is 16.9 Å². The van der Waals surface area contributed by atoms with Gasteiger partial charge in [-0.1, -0.05) is 20.3 Å². The number of aromatic nitrogens is 2. The summed E-state index contributed by atoms with van der Waals surface area (Å²) in [4.78, 5) is 0. The summed E-state index contributed by atoms with van der Waals surface area (Å²) in [6.45, 7) is 6.81. The molecule has 0 amide bonds. The third-order valence-corrected chi connectivity index (χ3v) is 2.04. The summed E-state index contributed by atoms with van der Waals surface area (Å²) >= 11 is 0. The molecule has 0 N–H and O–H groups in total. The Balaban J connectivity index is 2.22. The van der Waals surface area contributed by atoms with E-state index in [-0.39, 0.29) is 0 Å². The van der Waals surface area contributed by atoms with Crippen LogP contribution in [0.5, 0.6) is 0 Å². The highest BCUT2D eigenvalue weighted by Crippen LogP contribution is 2.00. The Morgan fingerprint density at radius 2 is 2.21 bits per heavy atom. The Kier molecular flexibility index (Phi) is 5.30. The molecule has 0 bridgehead atoms. The Hall–Kier alpha value is -0.830. The average Bonchev–Trinajstić information content (AvgIpc) is 2.61. The average molecular weight is 196 g/mol. The molecule has 0 fully saturated rings. The van der Waals surface area contributed by atoms with Gasteiger partial charge < -0.3 is 4.74 Å². The second kappa shape index (κ2) is 6.60. The molecule has 0 spiro atoms. The van der Waals surface area contributed by atoms with Crippen LogP contribution < -0.4 is 0 Å². The standard InChI is InChI=1S/C11H20N2O/c1-3-5-9-14-10-11-6-8-13(12-11)7-4-2/h6,8H,3-5,7,9-10H2,1-2H3. The fourth-order valence-corrected chi connectivity index (χ4v) is 1.26. The smallest absolute Gasteiger partial charge is 0.0906 e. The summed E-state index contributed by atoms with van der Waals surface area (Å²) in [6, 6.07) is 2.03. The third kappa shape index (κ3) is 3.92. The van der Waals surface area contributed by atoms with Crippen LogP contribution in [0.2, 0.25) is 0 Å². The number of hydrogen-bond donors (Lipinski definition) is 0. The number of rotatable bonds is 7. The highest BCUT2D eigenvalue weighted by molar-refractivity contribution is 4.96. The molecule has 0 aliphatic heterocycles. The number of ether oxygens (including phenoxy) is 1. The van der Waals surface area contributed by atoms with Crippen molar-refractivity contribution < 1.29 is 4.74 Å². The zero-order valence-electron chi connectivity index (χ0n) is 9.20. The molecule has 0 saturated carbocycles. The predicted molar refractivity (Wildman–Crippen MR) is 57.1 cm³/mol. The fourth-order valence-electron chi connectivity index (χ4n) is 1.26. The number of hydrogen-bond acceptors (Lipinski definition) is 2. The van der Waals surface area contributed by atoms with Crippen LogP contribution in [0.1, 0.15) is 38.8 Å². The van der Waals surface area contributed by atoms with Crippen LogP contribution in [-0.2, 0) is 17.9 Å². The second-order valence-corrected chi connectivity index (χ2v) is 3.48. The fraction of sp³-hybridized carbons (Fsp3) is 0.727. The molecule has 3 nitrogen and oxygen atoms in total. The lowest BCUT2D eigenvalue weighted by atomic mass is 10.4. The summed E-state index contributed by atoms with van der Waals surface area (Å²) in [5, 5.41) is 4.39. The Morgan fingerprint density at radius 3 is 2.93 bits per heavy atom. The van der Waals surface area contributed by atoms with E-state index in [9.17, 15) is 0 Å². The molecule has 14 heavy (non-hydrogen) atoms. The molecule has 1 aromatic rings. The van der Waals surface area contributed by atoms with E-state index >= 15 is 0 Å². The molecule has 3 heteroatoms. The van der Waals surface area contributed by atoms with Crippen LogP contribution in [0.3, 0.4) is 0 Å². The minimum Gasteiger partial charge on any atom is -0.375 e. The van der Waals surface area contributed by atoms with E-state index in [1.165, 1.54) is 6.42 Å². The molecule has 0 atom stereocenters. The van der Waals surface area contributed by atoms with E-state index in [1.54, 1.807) is 0 Å². The van der Waals surface area contributed by atoms with Gasteiger partial charge in [-0.2, -0.15) is 5.10 Å². The lowest BCUT2D eigenvalue weighted by molar-refractivity contribution is 0.115. The molecular weight excluding hydrogens is 176 g/mol. The van der Waals surface area contributed by atoms with E-state index in [4.69, 9.17) is 4.74 Å². The first-order valence-electron chi connectivity index (χ1n) is 5.47. The SMILES string of the molecule is CCCCOCc1ccn(CCC)n1. The van der Waals surface area contributed by atoms with Crippen LogP contribution in [-0.4, -0.2) is 16.4 Å². The van der Waals surface area contributed by atoms with Crippen molar-refractivity contribution in [1.29, 1.82) is 0 Å². The van der Waals surface area contributed by atoms with Crippen molar-refractivity contribution in [3.63, 3.8) is 0 Å². The first kappa shape index (κ1) is 11.2. The van der Waals surface area contributed by atoms with Gasteiger partial charge in [-0.3, -0.25) is 4.68 Å². The van der Waals surface area contributed by atoms with Gasteiger partial charge in [0.2, 0.25) is 0 Å². The Morgan fingerprint density at radius 1 is 1.36 bits per heavy atom. The maximum atomic E-state index is 5.48. The van der Waals surface area contributed by atoms with Gasteiger partial charge in [0.05, 0.1) is 12.3 Å². The molecule has 80 valence electrons.